The molecule has 0 N–H and O–H groups in total. The summed E-state index contributed by atoms with van der Waals surface area (Å²) >= 11 is 3.21. The number of ketones is 1. The van der Waals surface area contributed by atoms with Gasteiger partial charge in [-0.15, -0.1) is 0 Å². The summed E-state index contributed by atoms with van der Waals surface area (Å²) in [6, 6.07) is 6.03. The minimum absolute atomic E-state index is 0.140. The smallest absolute Gasteiger partial charge is 0.173 e. The Balaban J connectivity index is 2.48. The molecule has 0 unspecified atom stereocenters. The molecule has 0 aromatic heterocycles. The molecule has 0 aliphatic carbocycles. The molecule has 3 heteroatoms. The van der Waals surface area contributed by atoms with Gasteiger partial charge in [-0.25, -0.2) is 0 Å². The van der Waals surface area contributed by atoms with Crippen molar-refractivity contribution in [2.45, 2.75) is 19.3 Å². The standard InChI is InChI=1S/C13H16BrNO/c1-13(2)8-15(3)11-6-9(12(16)7-14)4-5-10(11)13/h4-6H,7-8H2,1-3H3. The number of fused-ring (bicyclic) bond motifs is 1. The van der Waals surface area contributed by atoms with Crippen LogP contribution in [0.4, 0.5) is 5.69 Å². The third kappa shape index (κ3) is 1.77. The normalized spacial score (nSPS) is 17.4. The molecule has 0 atom stereocenters. The van der Waals surface area contributed by atoms with Gasteiger partial charge in [0.15, 0.2) is 5.78 Å². The van der Waals surface area contributed by atoms with Crippen LogP contribution < -0.4 is 4.90 Å². The quantitative estimate of drug-likeness (QED) is 0.614. The summed E-state index contributed by atoms with van der Waals surface area (Å²) in [5.74, 6) is 0.140. The molecule has 1 aliphatic heterocycles. The molecule has 0 bridgehead atoms. The number of benzene rings is 1. The van der Waals surface area contributed by atoms with Crippen LogP contribution in [-0.2, 0) is 5.41 Å². The van der Waals surface area contributed by atoms with Crippen LogP contribution in [0.25, 0.3) is 0 Å². The summed E-state index contributed by atoms with van der Waals surface area (Å²) < 4.78 is 0. The molecule has 86 valence electrons. The molecular formula is C13H16BrNO. The maximum atomic E-state index is 11.6. The molecule has 0 saturated carbocycles. The van der Waals surface area contributed by atoms with E-state index < -0.39 is 0 Å². The number of halogens is 1. The van der Waals surface area contributed by atoms with Crippen LogP contribution in [0.2, 0.25) is 0 Å². The van der Waals surface area contributed by atoms with Gasteiger partial charge in [0.05, 0.1) is 5.33 Å². The number of rotatable bonds is 2. The Labute approximate surface area is 105 Å². The first kappa shape index (κ1) is 11.6. The SMILES string of the molecule is CN1CC(C)(C)c2ccc(C(=O)CBr)cc21. The van der Waals surface area contributed by atoms with E-state index in [0.29, 0.717) is 5.33 Å². The number of likely N-dealkylation sites (N-methyl/N-ethyl adjacent to an activating group) is 1. The van der Waals surface area contributed by atoms with Gasteiger partial charge in [-0.05, 0) is 11.6 Å². The summed E-state index contributed by atoms with van der Waals surface area (Å²) in [4.78, 5) is 13.8. The Kier molecular flexibility index (Phi) is 2.82. The summed E-state index contributed by atoms with van der Waals surface area (Å²) in [6.45, 7) is 5.48. The van der Waals surface area contributed by atoms with Crippen LogP contribution in [0.3, 0.4) is 0 Å². The molecule has 1 aliphatic rings. The maximum absolute atomic E-state index is 11.6. The van der Waals surface area contributed by atoms with E-state index in [0.717, 1.165) is 12.1 Å². The zero-order valence-corrected chi connectivity index (χ0v) is 11.5. The Bertz CT molecular complexity index is 440. The third-order valence-electron chi connectivity index (χ3n) is 3.21. The van der Waals surface area contributed by atoms with Crippen molar-refractivity contribution in [2.24, 2.45) is 0 Å². The largest absolute Gasteiger partial charge is 0.373 e. The van der Waals surface area contributed by atoms with Crippen LogP contribution in [0.15, 0.2) is 18.2 Å². The van der Waals surface area contributed by atoms with E-state index >= 15 is 0 Å². The first-order chi connectivity index (χ1) is 7.45. The van der Waals surface area contributed by atoms with Gasteiger partial charge in [0.1, 0.15) is 0 Å². The minimum Gasteiger partial charge on any atom is -0.373 e. The lowest BCUT2D eigenvalue weighted by atomic mass is 9.86. The highest BCUT2D eigenvalue weighted by atomic mass is 79.9. The zero-order valence-electron chi connectivity index (χ0n) is 9.88. The third-order valence-corrected chi connectivity index (χ3v) is 3.72. The Morgan fingerprint density at radius 2 is 2.19 bits per heavy atom. The van der Waals surface area contributed by atoms with Gasteiger partial charge in [0.2, 0.25) is 0 Å². The summed E-state index contributed by atoms with van der Waals surface area (Å²) in [7, 11) is 2.08. The first-order valence-corrected chi connectivity index (χ1v) is 6.53. The first-order valence-electron chi connectivity index (χ1n) is 5.40. The monoisotopic (exact) mass is 281 g/mol. The Hall–Kier alpha value is -0.830. The highest BCUT2D eigenvalue weighted by molar-refractivity contribution is 9.09. The fourth-order valence-corrected chi connectivity index (χ4v) is 2.76. The maximum Gasteiger partial charge on any atom is 0.173 e. The van der Waals surface area contributed by atoms with Gasteiger partial charge < -0.3 is 4.90 Å². The van der Waals surface area contributed by atoms with Crippen molar-refractivity contribution in [3.63, 3.8) is 0 Å². The van der Waals surface area contributed by atoms with E-state index in [1.807, 2.05) is 12.1 Å². The van der Waals surface area contributed by atoms with Crippen molar-refractivity contribution in [1.82, 2.24) is 0 Å². The fraction of sp³-hybridized carbons (Fsp3) is 0.462. The van der Waals surface area contributed by atoms with Crippen LogP contribution >= 0.6 is 15.9 Å². The molecule has 1 aromatic rings. The fourth-order valence-electron chi connectivity index (χ4n) is 2.43. The van der Waals surface area contributed by atoms with E-state index in [4.69, 9.17) is 0 Å². The lowest BCUT2D eigenvalue weighted by molar-refractivity contribution is 0.102. The predicted molar refractivity (Wildman–Crippen MR) is 70.9 cm³/mol. The van der Waals surface area contributed by atoms with Crippen molar-refractivity contribution in [1.29, 1.82) is 0 Å². The highest BCUT2D eigenvalue weighted by Gasteiger charge is 2.33. The van der Waals surface area contributed by atoms with Gasteiger partial charge in [0, 0.05) is 30.3 Å². The molecule has 2 rings (SSSR count). The van der Waals surface area contributed by atoms with Gasteiger partial charge in [-0.2, -0.15) is 0 Å². The topological polar surface area (TPSA) is 20.3 Å². The van der Waals surface area contributed by atoms with E-state index in [2.05, 4.69) is 47.8 Å². The van der Waals surface area contributed by atoms with Crippen LogP contribution in [0.5, 0.6) is 0 Å². The second kappa shape index (κ2) is 3.88. The average Bonchev–Trinajstić information content (AvgIpc) is 2.48. The van der Waals surface area contributed by atoms with Crippen molar-refractivity contribution >= 4 is 27.4 Å². The van der Waals surface area contributed by atoms with Crippen LogP contribution in [0.1, 0.15) is 29.8 Å². The molecule has 0 fully saturated rings. The van der Waals surface area contributed by atoms with Gasteiger partial charge in [-0.1, -0.05) is 41.9 Å². The van der Waals surface area contributed by atoms with Crippen LogP contribution in [0, 0.1) is 0 Å². The van der Waals surface area contributed by atoms with Gasteiger partial charge >= 0.3 is 0 Å². The number of Topliss-reactive ketones (excluding diaryl/α,β-unsaturated/α-hetero) is 1. The summed E-state index contributed by atoms with van der Waals surface area (Å²) in [5.41, 5.74) is 3.50. The second-order valence-electron chi connectivity index (χ2n) is 5.03. The van der Waals surface area contributed by atoms with Crippen molar-refractivity contribution in [3.8, 4) is 0 Å². The number of hydrogen-bond acceptors (Lipinski definition) is 2. The highest BCUT2D eigenvalue weighted by Crippen LogP contribution is 2.39. The second-order valence-corrected chi connectivity index (χ2v) is 5.59. The summed E-state index contributed by atoms with van der Waals surface area (Å²) in [5, 5.41) is 0.388. The number of carbonyl (C=O) groups is 1. The lowest BCUT2D eigenvalue weighted by Crippen LogP contribution is -2.24. The molecule has 0 spiro atoms. The Morgan fingerprint density at radius 1 is 1.50 bits per heavy atom. The molecule has 1 heterocycles. The summed E-state index contributed by atoms with van der Waals surface area (Å²) in [6.07, 6.45) is 0. The van der Waals surface area contributed by atoms with E-state index in [1.165, 1.54) is 11.3 Å². The Morgan fingerprint density at radius 3 is 2.81 bits per heavy atom. The van der Waals surface area contributed by atoms with Gasteiger partial charge in [0.25, 0.3) is 0 Å². The zero-order chi connectivity index (χ0) is 11.9. The average molecular weight is 282 g/mol. The number of alkyl halides is 1. The number of anilines is 1. The van der Waals surface area contributed by atoms with E-state index in [1.54, 1.807) is 0 Å². The van der Waals surface area contributed by atoms with Crippen LogP contribution in [-0.4, -0.2) is 24.7 Å². The molecule has 1 aromatic carbocycles. The van der Waals surface area contributed by atoms with Crippen molar-refractivity contribution < 1.29 is 4.79 Å². The van der Waals surface area contributed by atoms with Crippen molar-refractivity contribution in [2.75, 3.05) is 23.8 Å². The predicted octanol–water partition coefficient (Wildman–Crippen LogP) is 2.99. The molecule has 2 nitrogen and oxygen atoms in total. The molecule has 0 radical (unpaired) electrons. The number of hydrogen-bond donors (Lipinski definition) is 0. The number of carbonyl (C=O) groups excluding carboxylic acids is 1. The minimum atomic E-state index is 0.140. The van der Waals surface area contributed by atoms with Gasteiger partial charge in [-0.3, -0.25) is 4.79 Å². The van der Waals surface area contributed by atoms with E-state index in [-0.39, 0.29) is 11.2 Å². The molecule has 0 saturated heterocycles. The molecule has 0 amide bonds. The molecular weight excluding hydrogens is 266 g/mol. The number of nitrogens with zero attached hydrogens (tertiary/aromatic N) is 1. The van der Waals surface area contributed by atoms with E-state index in [9.17, 15) is 4.79 Å². The molecule has 16 heavy (non-hydrogen) atoms. The lowest BCUT2D eigenvalue weighted by Gasteiger charge is -2.18. The van der Waals surface area contributed by atoms with Crippen molar-refractivity contribution in [3.05, 3.63) is 29.3 Å².